The van der Waals surface area contributed by atoms with E-state index in [0.717, 1.165) is 19.2 Å². The van der Waals surface area contributed by atoms with Gasteiger partial charge in [0.25, 0.3) is 0 Å². The van der Waals surface area contributed by atoms with Gasteiger partial charge in [-0.15, -0.1) is 0 Å². The maximum atomic E-state index is 15.1. The SMILES string of the molecule is C[C@H]1COc2c(C3CNCCN3C)c(F)cc3c(=O)c(C(=O)O)cn1c23. The zero-order valence-corrected chi connectivity index (χ0v) is 14.6. The van der Waals surface area contributed by atoms with Gasteiger partial charge in [0.05, 0.1) is 28.6 Å². The summed E-state index contributed by atoms with van der Waals surface area (Å²) in [4.78, 5) is 26.1. The number of ether oxygens (including phenoxy) is 1. The molecular formula is C18H20FN3O4. The van der Waals surface area contributed by atoms with Crippen LogP contribution in [-0.4, -0.2) is 53.8 Å². The summed E-state index contributed by atoms with van der Waals surface area (Å²) in [6.07, 6.45) is 1.34. The van der Waals surface area contributed by atoms with Crippen molar-refractivity contribution in [2.24, 2.45) is 0 Å². The average molecular weight is 361 g/mol. The fourth-order valence-corrected chi connectivity index (χ4v) is 3.84. The molecule has 0 radical (unpaired) electrons. The summed E-state index contributed by atoms with van der Waals surface area (Å²) in [6.45, 7) is 4.31. The Kier molecular flexibility index (Phi) is 3.96. The topological polar surface area (TPSA) is 83.8 Å². The summed E-state index contributed by atoms with van der Waals surface area (Å²) < 4.78 is 22.7. The van der Waals surface area contributed by atoms with Gasteiger partial charge in [0.2, 0.25) is 5.43 Å². The lowest BCUT2D eigenvalue weighted by atomic mass is 9.97. The number of hydrogen-bond donors (Lipinski definition) is 2. The zero-order chi connectivity index (χ0) is 18.6. The molecule has 2 aliphatic rings. The lowest BCUT2D eigenvalue weighted by Gasteiger charge is -2.36. The number of nitrogens with zero attached hydrogens (tertiary/aromatic N) is 2. The molecule has 0 spiro atoms. The summed E-state index contributed by atoms with van der Waals surface area (Å²) in [5.74, 6) is -1.52. The van der Waals surface area contributed by atoms with Crippen LogP contribution in [-0.2, 0) is 0 Å². The molecule has 0 bridgehead atoms. The first-order chi connectivity index (χ1) is 12.4. The van der Waals surface area contributed by atoms with Crippen molar-refractivity contribution >= 4 is 16.9 Å². The van der Waals surface area contributed by atoms with Crippen LogP contribution in [0.5, 0.6) is 5.75 Å². The number of carboxylic acids is 1. The molecule has 3 heterocycles. The fraction of sp³-hybridized carbons (Fsp3) is 0.444. The van der Waals surface area contributed by atoms with Crippen LogP contribution in [0.1, 0.15) is 34.9 Å². The van der Waals surface area contributed by atoms with E-state index >= 15 is 4.39 Å². The fourth-order valence-electron chi connectivity index (χ4n) is 3.84. The predicted molar refractivity (Wildman–Crippen MR) is 93.6 cm³/mol. The molecule has 1 aromatic heterocycles. The predicted octanol–water partition coefficient (Wildman–Crippen LogP) is 1.37. The molecule has 1 saturated heterocycles. The van der Waals surface area contributed by atoms with Crippen LogP contribution in [0, 0.1) is 5.82 Å². The van der Waals surface area contributed by atoms with Crippen molar-refractivity contribution in [2.45, 2.75) is 19.0 Å². The zero-order valence-electron chi connectivity index (χ0n) is 14.6. The second kappa shape index (κ2) is 6.07. The molecule has 2 N–H and O–H groups in total. The Balaban J connectivity index is 2.06. The molecule has 0 amide bonds. The van der Waals surface area contributed by atoms with Gasteiger partial charge in [-0.2, -0.15) is 0 Å². The maximum Gasteiger partial charge on any atom is 0.341 e. The molecule has 1 fully saturated rings. The van der Waals surface area contributed by atoms with Gasteiger partial charge in [-0.05, 0) is 20.0 Å². The number of rotatable bonds is 2. The summed E-state index contributed by atoms with van der Waals surface area (Å²) in [7, 11) is 1.92. The Bertz CT molecular complexity index is 971. The van der Waals surface area contributed by atoms with Gasteiger partial charge in [0.15, 0.2) is 5.75 Å². The minimum absolute atomic E-state index is 0.0409. The monoisotopic (exact) mass is 361 g/mol. The number of benzene rings is 1. The van der Waals surface area contributed by atoms with E-state index in [1.54, 1.807) is 4.57 Å². The molecule has 2 aliphatic heterocycles. The number of carbonyl (C=O) groups is 1. The van der Waals surface area contributed by atoms with Crippen LogP contribution in [0.2, 0.25) is 0 Å². The van der Waals surface area contributed by atoms with E-state index in [1.165, 1.54) is 6.20 Å². The second-order valence-electron chi connectivity index (χ2n) is 6.94. The second-order valence-corrected chi connectivity index (χ2v) is 6.94. The van der Waals surface area contributed by atoms with Crippen LogP contribution in [0.4, 0.5) is 4.39 Å². The van der Waals surface area contributed by atoms with E-state index in [1.807, 2.05) is 18.9 Å². The van der Waals surface area contributed by atoms with E-state index in [9.17, 15) is 14.7 Å². The first-order valence-electron chi connectivity index (χ1n) is 8.58. The van der Waals surface area contributed by atoms with Crippen molar-refractivity contribution in [3.05, 3.63) is 39.4 Å². The first-order valence-corrected chi connectivity index (χ1v) is 8.58. The number of nitrogens with one attached hydrogen (secondary N) is 1. The van der Waals surface area contributed by atoms with Gasteiger partial charge < -0.3 is 19.7 Å². The van der Waals surface area contributed by atoms with E-state index < -0.39 is 17.2 Å². The molecular weight excluding hydrogens is 341 g/mol. The average Bonchev–Trinajstić information content (AvgIpc) is 2.60. The normalized spacial score (nSPS) is 23.0. The summed E-state index contributed by atoms with van der Waals surface area (Å²) in [5.41, 5.74) is -0.173. The van der Waals surface area contributed by atoms with E-state index in [2.05, 4.69) is 5.32 Å². The van der Waals surface area contributed by atoms with Gasteiger partial charge in [-0.3, -0.25) is 9.69 Å². The number of hydrogen-bond acceptors (Lipinski definition) is 5. The van der Waals surface area contributed by atoms with Gasteiger partial charge in [-0.1, -0.05) is 0 Å². The van der Waals surface area contributed by atoms with Crippen LogP contribution >= 0.6 is 0 Å². The summed E-state index contributed by atoms with van der Waals surface area (Å²) in [6, 6.07) is 0.770. The number of pyridine rings is 1. The molecule has 8 heteroatoms. The highest BCUT2D eigenvalue weighted by Crippen LogP contribution is 2.40. The van der Waals surface area contributed by atoms with Crippen molar-refractivity contribution in [1.29, 1.82) is 0 Å². The smallest absolute Gasteiger partial charge is 0.341 e. The lowest BCUT2D eigenvalue weighted by molar-refractivity contribution is 0.0694. The molecule has 1 aromatic carbocycles. The standard InChI is InChI=1S/C18H20FN3O4/c1-9-8-26-17-14(13-6-20-3-4-21(13)2)12(19)5-10-15(17)22(9)7-11(16(10)23)18(24)25/h5,7,9,13,20H,3-4,6,8H2,1-2H3,(H,24,25)/t9-,13?/m0/s1. The number of aromatic carboxylic acids is 1. The minimum Gasteiger partial charge on any atom is -0.489 e. The largest absolute Gasteiger partial charge is 0.489 e. The van der Waals surface area contributed by atoms with Crippen LogP contribution < -0.4 is 15.5 Å². The van der Waals surface area contributed by atoms with Crippen LogP contribution in [0.3, 0.4) is 0 Å². The molecule has 7 nitrogen and oxygen atoms in total. The third-order valence-corrected chi connectivity index (χ3v) is 5.28. The van der Waals surface area contributed by atoms with Gasteiger partial charge >= 0.3 is 5.97 Å². The molecule has 0 aliphatic carbocycles. The van der Waals surface area contributed by atoms with Gasteiger partial charge in [-0.25, -0.2) is 9.18 Å². The van der Waals surface area contributed by atoms with Gasteiger partial charge in [0.1, 0.15) is 18.0 Å². The van der Waals surface area contributed by atoms with E-state index in [0.29, 0.717) is 23.4 Å². The highest BCUT2D eigenvalue weighted by molar-refractivity contribution is 5.95. The van der Waals surface area contributed by atoms with Gasteiger partial charge in [0, 0.05) is 25.8 Å². The van der Waals surface area contributed by atoms with E-state index in [-0.39, 0.29) is 29.6 Å². The molecule has 26 heavy (non-hydrogen) atoms. The van der Waals surface area contributed by atoms with Crippen molar-refractivity contribution in [1.82, 2.24) is 14.8 Å². The van der Waals surface area contributed by atoms with Crippen LogP contribution in [0.15, 0.2) is 17.1 Å². The Morgan fingerprint density at radius 1 is 1.46 bits per heavy atom. The van der Waals surface area contributed by atoms with Crippen molar-refractivity contribution in [3.63, 3.8) is 0 Å². The number of aromatic nitrogens is 1. The Labute approximate surface area is 149 Å². The molecule has 1 unspecified atom stereocenters. The molecule has 0 saturated carbocycles. The quantitative estimate of drug-likeness (QED) is 0.841. The molecule has 2 aromatic rings. The Hall–Kier alpha value is -2.45. The number of likely N-dealkylation sites (N-methyl/N-ethyl adjacent to an activating group) is 1. The van der Waals surface area contributed by atoms with Crippen molar-refractivity contribution in [2.75, 3.05) is 33.3 Å². The molecule has 2 atom stereocenters. The number of halogens is 1. The minimum atomic E-state index is -1.32. The summed E-state index contributed by atoms with van der Waals surface area (Å²) in [5, 5.41) is 12.6. The number of piperazine rings is 1. The lowest BCUT2D eigenvalue weighted by Crippen LogP contribution is -2.44. The van der Waals surface area contributed by atoms with Crippen LogP contribution in [0.25, 0.3) is 10.9 Å². The molecule has 138 valence electrons. The van der Waals surface area contributed by atoms with E-state index in [4.69, 9.17) is 4.74 Å². The first kappa shape index (κ1) is 17.0. The molecule has 4 rings (SSSR count). The number of carboxylic acid groups (broad SMARTS) is 1. The Morgan fingerprint density at radius 2 is 2.23 bits per heavy atom. The highest BCUT2D eigenvalue weighted by atomic mass is 19.1. The summed E-state index contributed by atoms with van der Waals surface area (Å²) >= 11 is 0. The highest BCUT2D eigenvalue weighted by Gasteiger charge is 2.33. The third kappa shape index (κ3) is 2.40. The van der Waals surface area contributed by atoms with Crippen molar-refractivity contribution < 1.29 is 19.0 Å². The Morgan fingerprint density at radius 3 is 2.92 bits per heavy atom. The third-order valence-electron chi connectivity index (χ3n) is 5.28. The maximum absolute atomic E-state index is 15.1. The van der Waals surface area contributed by atoms with Crippen molar-refractivity contribution in [3.8, 4) is 5.75 Å².